The fraction of sp³-hybridized carbons (Fsp3) is 0.333. The quantitative estimate of drug-likeness (QED) is 0.307. The van der Waals surface area contributed by atoms with E-state index in [0.717, 1.165) is 39.3 Å². The van der Waals surface area contributed by atoms with Gasteiger partial charge in [-0.15, -0.1) is 0 Å². The molecule has 4 aliphatic rings. The van der Waals surface area contributed by atoms with Crippen LogP contribution in [0, 0.1) is 24.4 Å². The van der Waals surface area contributed by atoms with E-state index in [4.69, 9.17) is 4.74 Å². The highest BCUT2D eigenvalue weighted by Gasteiger charge is 2.43. The minimum Gasteiger partial charge on any atom is -0.478 e. The van der Waals surface area contributed by atoms with Gasteiger partial charge in [-0.3, -0.25) is 4.57 Å². The zero-order valence-electron chi connectivity index (χ0n) is 22.4. The highest BCUT2D eigenvalue weighted by Crippen LogP contribution is 2.60. The van der Waals surface area contributed by atoms with Crippen molar-refractivity contribution in [1.29, 1.82) is 0 Å². The lowest BCUT2D eigenvalue weighted by Gasteiger charge is -2.33. The Bertz CT molecular complexity index is 1660. The summed E-state index contributed by atoms with van der Waals surface area (Å²) in [5.74, 6) is -6.36. The molecule has 0 amide bonds. The fourth-order valence-electron chi connectivity index (χ4n) is 6.09. The third-order valence-electron chi connectivity index (χ3n) is 8.26. The smallest absolute Gasteiger partial charge is 0.339 e. The van der Waals surface area contributed by atoms with E-state index in [1.165, 1.54) is 6.07 Å². The predicted molar refractivity (Wildman–Crippen MR) is 149 cm³/mol. The molecule has 3 heterocycles. The van der Waals surface area contributed by atoms with Crippen LogP contribution in [0.4, 0.5) is 18.9 Å². The van der Waals surface area contributed by atoms with Crippen LogP contribution < -0.4 is 10.2 Å². The van der Waals surface area contributed by atoms with Crippen LogP contribution >= 0.6 is 7.37 Å². The van der Waals surface area contributed by atoms with Gasteiger partial charge in [-0.1, -0.05) is 6.07 Å². The fourth-order valence-corrected chi connectivity index (χ4v) is 7.99. The number of hydrogen-bond donors (Lipinski definition) is 2. The van der Waals surface area contributed by atoms with Gasteiger partial charge in [-0.2, -0.15) is 0 Å². The van der Waals surface area contributed by atoms with Crippen molar-refractivity contribution in [1.82, 2.24) is 0 Å². The van der Waals surface area contributed by atoms with Gasteiger partial charge in [0, 0.05) is 60.5 Å². The number of benzene rings is 2. The van der Waals surface area contributed by atoms with Crippen LogP contribution in [0.25, 0.3) is 5.57 Å². The number of morpholine rings is 1. The monoisotopic (exact) mass is 585 g/mol. The van der Waals surface area contributed by atoms with Crippen LogP contribution in [0.5, 0.6) is 0 Å². The van der Waals surface area contributed by atoms with Crippen molar-refractivity contribution in [3.05, 3.63) is 87.0 Å². The minimum atomic E-state index is -4.31. The summed E-state index contributed by atoms with van der Waals surface area (Å²) in [4.78, 5) is 26.0. The molecule has 0 aromatic heterocycles. The number of ether oxygens (including phenoxy) is 1. The summed E-state index contributed by atoms with van der Waals surface area (Å²) in [5.41, 5.74) is -0.989. The zero-order chi connectivity index (χ0) is 29.1. The summed E-state index contributed by atoms with van der Waals surface area (Å²) >= 11 is 0. The zero-order valence-corrected chi connectivity index (χ0v) is 23.3. The molecule has 214 valence electrons. The van der Waals surface area contributed by atoms with E-state index >= 15 is 8.78 Å². The third-order valence-corrected chi connectivity index (χ3v) is 10.3. The van der Waals surface area contributed by atoms with Gasteiger partial charge in [-0.05, 0) is 42.7 Å². The average molecular weight is 586 g/mol. The lowest BCUT2D eigenvalue weighted by Crippen LogP contribution is -2.37. The number of allylic oxidation sites excluding steroid dienone is 5. The highest BCUT2D eigenvalue weighted by molar-refractivity contribution is 7.71. The van der Waals surface area contributed by atoms with E-state index in [1.807, 2.05) is 4.90 Å². The Morgan fingerprint density at radius 3 is 2.41 bits per heavy atom. The molecule has 1 atom stereocenters. The molecule has 41 heavy (non-hydrogen) atoms. The molecule has 0 radical (unpaired) electrons. The predicted octanol–water partition coefficient (Wildman–Crippen LogP) is 4.75. The normalized spacial score (nSPS) is 22.5. The second kappa shape index (κ2) is 10.4. The minimum absolute atomic E-state index is 0.000302. The van der Waals surface area contributed by atoms with Gasteiger partial charge in [0.05, 0.1) is 23.8 Å². The van der Waals surface area contributed by atoms with E-state index < -0.39 is 47.5 Å². The van der Waals surface area contributed by atoms with Gasteiger partial charge in [0.2, 0.25) is 5.71 Å². The first kappa shape index (κ1) is 27.7. The number of rotatable bonds is 3. The topological polar surface area (TPSA) is 90.1 Å². The molecular formula is C30H29F3N2O5P+. The van der Waals surface area contributed by atoms with Gasteiger partial charge >= 0.3 is 5.97 Å². The Labute approximate surface area is 235 Å². The number of carbonyl (C=O) groups is 1. The largest absolute Gasteiger partial charge is 0.478 e. The maximum atomic E-state index is 15.9. The molecular weight excluding hydrogens is 556 g/mol. The Kier molecular flexibility index (Phi) is 7.04. The summed E-state index contributed by atoms with van der Waals surface area (Å²) < 4.78 is 67.6. The number of fused-ring (bicyclic) bond motifs is 2. The molecule has 1 aliphatic carbocycles. The Hall–Kier alpha value is -3.46. The van der Waals surface area contributed by atoms with Crippen molar-refractivity contribution in [3.8, 4) is 0 Å². The van der Waals surface area contributed by atoms with E-state index in [9.17, 15) is 23.7 Å². The molecule has 0 bridgehead atoms. The van der Waals surface area contributed by atoms with Crippen LogP contribution in [0.15, 0.2) is 47.3 Å². The number of halogens is 3. The van der Waals surface area contributed by atoms with Gasteiger partial charge in [0.15, 0.2) is 11.6 Å². The van der Waals surface area contributed by atoms with Crippen LogP contribution in [-0.2, 0) is 9.30 Å². The summed E-state index contributed by atoms with van der Waals surface area (Å²) in [7, 11) is -4.31. The molecule has 2 aromatic rings. The number of carboxylic acid groups (broad SMARTS) is 1. The van der Waals surface area contributed by atoms with Gasteiger partial charge in [-0.25, -0.2) is 22.5 Å². The molecule has 7 nitrogen and oxygen atoms in total. The first-order valence-electron chi connectivity index (χ1n) is 13.6. The molecule has 0 spiro atoms. The first-order chi connectivity index (χ1) is 19.6. The van der Waals surface area contributed by atoms with E-state index in [-0.39, 0.29) is 27.3 Å². The summed E-state index contributed by atoms with van der Waals surface area (Å²) in [5, 5.41) is 9.91. The highest BCUT2D eigenvalue weighted by atomic mass is 31.2. The van der Waals surface area contributed by atoms with Crippen LogP contribution in [0.1, 0.15) is 46.3 Å². The van der Waals surface area contributed by atoms with Crippen molar-refractivity contribution in [2.24, 2.45) is 0 Å². The molecule has 2 fully saturated rings. The SMILES string of the molecule is Cc1c(F)c(F)c(C(=O)O)c(C2=C3C=CC(=[N+]4CCCCC4)C=C3P(=O)(O)c3cc(N4CCOCC4)ccc32)c1F. The second-order valence-electron chi connectivity index (χ2n) is 10.6. The Balaban J connectivity index is 1.68. The molecule has 2 N–H and O–H groups in total. The molecule has 0 saturated carbocycles. The number of piperidine rings is 1. The van der Waals surface area contributed by atoms with Gasteiger partial charge in [0.25, 0.3) is 7.37 Å². The number of aromatic carboxylic acids is 1. The molecule has 6 rings (SSSR count). The molecule has 11 heteroatoms. The van der Waals surface area contributed by atoms with E-state index in [2.05, 4.69) is 4.58 Å². The maximum absolute atomic E-state index is 15.9. The average Bonchev–Trinajstić information content (AvgIpc) is 2.99. The van der Waals surface area contributed by atoms with Crippen molar-refractivity contribution in [2.45, 2.75) is 26.2 Å². The number of hydrogen-bond acceptors (Lipinski definition) is 4. The van der Waals surface area contributed by atoms with Gasteiger partial charge < -0.3 is 19.6 Å². The van der Waals surface area contributed by atoms with Crippen molar-refractivity contribution < 1.29 is 41.8 Å². The first-order valence-corrected chi connectivity index (χ1v) is 15.2. The van der Waals surface area contributed by atoms with E-state index in [0.29, 0.717) is 37.7 Å². The molecule has 3 aliphatic heterocycles. The molecule has 1 unspecified atom stereocenters. The number of carboxylic acids is 1. The summed E-state index contributed by atoms with van der Waals surface area (Å²) in [6, 6.07) is 4.78. The maximum Gasteiger partial charge on any atom is 0.339 e. The second-order valence-corrected chi connectivity index (χ2v) is 12.7. The van der Waals surface area contributed by atoms with Crippen LogP contribution in [0.3, 0.4) is 0 Å². The molecule has 2 saturated heterocycles. The standard InChI is InChI=1S/C30H28F3N2O5P/c1-17-27(31)25(26(30(36)37)29(33)28(17)32)24-20-7-5-18(34-9-3-2-4-10-34)15-22(20)41(38,39)23-16-19(6-8-21(23)24)35-11-13-40-14-12-35/h5-8,15-16H,2-4,9-14H2,1H3,(H-,36,37,38,39)/p+1. The third kappa shape index (κ3) is 4.49. The van der Waals surface area contributed by atoms with Crippen molar-refractivity contribution in [3.63, 3.8) is 0 Å². The van der Waals surface area contributed by atoms with Gasteiger partial charge in [0.1, 0.15) is 24.5 Å². The number of nitrogens with zero attached hydrogens (tertiary/aromatic N) is 2. The Morgan fingerprint density at radius 1 is 1.02 bits per heavy atom. The number of anilines is 1. The Morgan fingerprint density at radius 2 is 1.73 bits per heavy atom. The summed E-state index contributed by atoms with van der Waals surface area (Å²) in [6.45, 7) is 4.64. The van der Waals surface area contributed by atoms with Crippen LogP contribution in [0.2, 0.25) is 0 Å². The lowest BCUT2D eigenvalue weighted by molar-refractivity contribution is -0.535. The van der Waals surface area contributed by atoms with Crippen molar-refractivity contribution >= 4 is 35.6 Å². The molecule has 2 aromatic carbocycles. The van der Waals surface area contributed by atoms with Crippen molar-refractivity contribution in [2.75, 3.05) is 44.3 Å². The summed E-state index contributed by atoms with van der Waals surface area (Å²) in [6.07, 6.45) is 7.91. The lowest BCUT2D eigenvalue weighted by atomic mass is 9.85. The van der Waals surface area contributed by atoms with Crippen LogP contribution in [-0.4, -0.2) is 65.6 Å². The van der Waals surface area contributed by atoms with E-state index in [1.54, 1.807) is 30.4 Å².